The molecule has 1 aliphatic heterocycles. The van der Waals surface area contributed by atoms with Gasteiger partial charge in [0.25, 0.3) is 5.91 Å². The van der Waals surface area contributed by atoms with Crippen molar-refractivity contribution in [2.24, 2.45) is 0 Å². The van der Waals surface area contributed by atoms with Crippen molar-refractivity contribution < 1.29 is 18.3 Å². The molecule has 1 fully saturated rings. The van der Waals surface area contributed by atoms with E-state index < -0.39 is 23.1 Å². The van der Waals surface area contributed by atoms with E-state index in [4.69, 9.17) is 4.74 Å². The Morgan fingerprint density at radius 1 is 1.40 bits per heavy atom. The van der Waals surface area contributed by atoms with Crippen molar-refractivity contribution in [3.05, 3.63) is 33.8 Å². The molecule has 0 bridgehead atoms. The average molecular weight is 348 g/mol. The van der Waals surface area contributed by atoms with Crippen molar-refractivity contribution in [1.82, 2.24) is 4.90 Å². The molecule has 1 aliphatic rings. The Morgan fingerprint density at radius 2 is 2.05 bits per heavy atom. The maximum Gasteiger partial charge on any atom is 0.259 e. The first kappa shape index (κ1) is 15.4. The van der Waals surface area contributed by atoms with E-state index >= 15 is 0 Å². The fourth-order valence-electron chi connectivity index (χ4n) is 2.28. The van der Waals surface area contributed by atoms with E-state index in [0.29, 0.717) is 13.2 Å². The summed E-state index contributed by atoms with van der Waals surface area (Å²) in [4.78, 5) is 13.5. The molecule has 0 spiro atoms. The van der Waals surface area contributed by atoms with Crippen molar-refractivity contribution in [3.8, 4) is 0 Å². The van der Waals surface area contributed by atoms with Crippen LogP contribution in [0.4, 0.5) is 8.78 Å². The number of likely N-dealkylation sites (N-methyl/N-ethyl adjacent to an activating group) is 1. The molecule has 3 nitrogen and oxygen atoms in total. The van der Waals surface area contributed by atoms with E-state index in [-0.39, 0.29) is 10.6 Å². The third-order valence-corrected chi connectivity index (χ3v) is 3.78. The summed E-state index contributed by atoms with van der Waals surface area (Å²) in [5, 5.41) is 0. The predicted molar refractivity (Wildman–Crippen MR) is 74.6 cm³/mol. The van der Waals surface area contributed by atoms with E-state index in [1.54, 1.807) is 0 Å². The summed E-state index contributed by atoms with van der Waals surface area (Å²) in [5.74, 6) is -2.39. The molecule has 0 saturated carbocycles. The molecule has 1 aromatic rings. The number of hydrogen-bond donors (Lipinski definition) is 0. The second-order valence-corrected chi connectivity index (χ2v) is 5.83. The molecular weight excluding hydrogens is 332 g/mol. The molecule has 2 rings (SSSR count). The topological polar surface area (TPSA) is 29.5 Å². The van der Waals surface area contributed by atoms with Crippen LogP contribution in [0, 0.1) is 11.6 Å². The van der Waals surface area contributed by atoms with Gasteiger partial charge < -0.3 is 9.64 Å². The monoisotopic (exact) mass is 347 g/mol. The summed E-state index contributed by atoms with van der Waals surface area (Å²) in [5.41, 5.74) is -0.522. The molecular formula is C14H16BrF2NO2. The fraction of sp³-hybridized carbons (Fsp3) is 0.500. The van der Waals surface area contributed by atoms with Crippen molar-refractivity contribution >= 4 is 21.8 Å². The first-order chi connectivity index (χ1) is 9.49. The lowest BCUT2D eigenvalue weighted by molar-refractivity contribution is -0.000361. The Balaban J connectivity index is 2.10. The molecule has 0 aliphatic carbocycles. The van der Waals surface area contributed by atoms with E-state index in [1.165, 1.54) is 11.9 Å². The standard InChI is InChI=1S/C14H16BrF2NO2/c1-18(8-10-4-2-3-5-20-10)14(19)13-11(16)6-9(15)7-12(13)17/h6-7,10H,2-5,8H2,1H3. The molecule has 0 N–H and O–H groups in total. The molecule has 1 unspecified atom stereocenters. The maximum absolute atomic E-state index is 13.8. The van der Waals surface area contributed by atoms with E-state index in [9.17, 15) is 13.6 Å². The van der Waals surface area contributed by atoms with Crippen LogP contribution in [-0.2, 0) is 4.74 Å². The Kier molecular flexibility index (Phi) is 5.10. The minimum atomic E-state index is -0.863. The molecule has 1 amide bonds. The van der Waals surface area contributed by atoms with Gasteiger partial charge >= 0.3 is 0 Å². The van der Waals surface area contributed by atoms with Crippen LogP contribution >= 0.6 is 15.9 Å². The van der Waals surface area contributed by atoms with Gasteiger partial charge in [-0.1, -0.05) is 15.9 Å². The average Bonchev–Trinajstić information content (AvgIpc) is 2.38. The Morgan fingerprint density at radius 3 is 2.60 bits per heavy atom. The van der Waals surface area contributed by atoms with Crippen molar-refractivity contribution in [2.45, 2.75) is 25.4 Å². The highest BCUT2D eigenvalue weighted by Crippen LogP contribution is 2.21. The van der Waals surface area contributed by atoms with Gasteiger partial charge in [-0.05, 0) is 31.4 Å². The molecule has 0 aromatic heterocycles. The molecule has 1 aromatic carbocycles. The quantitative estimate of drug-likeness (QED) is 0.838. The number of nitrogens with zero attached hydrogens (tertiary/aromatic N) is 1. The minimum absolute atomic E-state index is 0.0562. The molecule has 6 heteroatoms. The lowest BCUT2D eigenvalue weighted by Crippen LogP contribution is -2.37. The first-order valence-electron chi connectivity index (χ1n) is 6.50. The summed E-state index contributed by atoms with van der Waals surface area (Å²) < 4.78 is 33.3. The second kappa shape index (κ2) is 6.63. The number of hydrogen-bond acceptors (Lipinski definition) is 2. The first-order valence-corrected chi connectivity index (χ1v) is 7.30. The number of amides is 1. The lowest BCUT2D eigenvalue weighted by Gasteiger charge is -2.27. The van der Waals surface area contributed by atoms with E-state index in [2.05, 4.69) is 15.9 Å². The fourth-order valence-corrected chi connectivity index (χ4v) is 2.68. The Labute approximate surface area is 125 Å². The van der Waals surface area contributed by atoms with Gasteiger partial charge in [-0.2, -0.15) is 0 Å². The summed E-state index contributed by atoms with van der Waals surface area (Å²) in [6, 6.07) is 2.17. The molecule has 1 heterocycles. The lowest BCUT2D eigenvalue weighted by atomic mass is 10.1. The van der Waals surface area contributed by atoms with Gasteiger partial charge in [0.15, 0.2) is 0 Å². The van der Waals surface area contributed by atoms with Crippen LogP contribution < -0.4 is 0 Å². The SMILES string of the molecule is CN(CC1CCCCO1)C(=O)c1c(F)cc(Br)cc1F. The number of carbonyl (C=O) groups excluding carboxylic acids is 1. The van der Waals surface area contributed by atoms with Gasteiger partial charge in [0.05, 0.1) is 6.10 Å². The van der Waals surface area contributed by atoms with Gasteiger partial charge in [0.1, 0.15) is 17.2 Å². The predicted octanol–water partition coefficient (Wildman–Crippen LogP) is 3.37. The van der Waals surface area contributed by atoms with Crippen molar-refractivity contribution in [2.75, 3.05) is 20.2 Å². The normalized spacial score (nSPS) is 18.9. The van der Waals surface area contributed by atoms with Gasteiger partial charge in [0.2, 0.25) is 0 Å². The summed E-state index contributed by atoms with van der Waals surface area (Å²) in [7, 11) is 1.53. The molecule has 110 valence electrons. The van der Waals surface area contributed by atoms with Gasteiger partial charge in [-0.15, -0.1) is 0 Å². The Hall–Kier alpha value is -1.01. The number of halogens is 3. The zero-order valence-corrected chi connectivity index (χ0v) is 12.8. The van der Waals surface area contributed by atoms with Crippen LogP contribution in [0.1, 0.15) is 29.6 Å². The zero-order chi connectivity index (χ0) is 14.7. The number of ether oxygens (including phenoxy) is 1. The van der Waals surface area contributed by atoms with Crippen molar-refractivity contribution in [1.29, 1.82) is 0 Å². The summed E-state index contributed by atoms with van der Waals surface area (Å²) >= 11 is 2.99. The van der Waals surface area contributed by atoms with Crippen LogP contribution in [0.3, 0.4) is 0 Å². The molecule has 1 saturated heterocycles. The second-order valence-electron chi connectivity index (χ2n) is 4.92. The Bertz CT molecular complexity index is 481. The molecule has 1 atom stereocenters. The smallest absolute Gasteiger partial charge is 0.259 e. The van der Waals surface area contributed by atoms with Crippen LogP contribution in [-0.4, -0.2) is 37.1 Å². The van der Waals surface area contributed by atoms with Crippen LogP contribution in [0.5, 0.6) is 0 Å². The maximum atomic E-state index is 13.8. The van der Waals surface area contributed by atoms with Gasteiger partial charge in [0, 0.05) is 24.7 Å². The number of benzene rings is 1. The molecule has 20 heavy (non-hydrogen) atoms. The highest BCUT2D eigenvalue weighted by molar-refractivity contribution is 9.10. The summed E-state index contributed by atoms with van der Waals surface area (Å²) in [6.07, 6.45) is 2.88. The number of rotatable bonds is 3. The summed E-state index contributed by atoms with van der Waals surface area (Å²) in [6.45, 7) is 1.02. The third kappa shape index (κ3) is 3.55. The largest absolute Gasteiger partial charge is 0.376 e. The highest BCUT2D eigenvalue weighted by atomic mass is 79.9. The van der Waals surface area contributed by atoms with Crippen LogP contribution in [0.25, 0.3) is 0 Å². The zero-order valence-electron chi connectivity index (χ0n) is 11.2. The van der Waals surface area contributed by atoms with Gasteiger partial charge in [-0.3, -0.25) is 4.79 Å². The van der Waals surface area contributed by atoms with Crippen molar-refractivity contribution in [3.63, 3.8) is 0 Å². The van der Waals surface area contributed by atoms with Gasteiger partial charge in [-0.25, -0.2) is 8.78 Å². The van der Waals surface area contributed by atoms with Crippen LogP contribution in [0.15, 0.2) is 16.6 Å². The minimum Gasteiger partial charge on any atom is -0.376 e. The van der Waals surface area contributed by atoms with Crippen LogP contribution in [0.2, 0.25) is 0 Å². The highest BCUT2D eigenvalue weighted by Gasteiger charge is 2.24. The van der Waals surface area contributed by atoms with E-state index in [0.717, 1.165) is 31.4 Å². The molecule has 0 radical (unpaired) electrons. The number of carbonyl (C=O) groups is 1. The van der Waals surface area contributed by atoms with E-state index in [1.807, 2.05) is 0 Å². The third-order valence-electron chi connectivity index (χ3n) is 3.32.